The molecule has 1 aromatic carbocycles. The molecule has 2 aromatic rings. The summed E-state index contributed by atoms with van der Waals surface area (Å²) < 4.78 is 16.0. The molecule has 0 aliphatic carbocycles. The summed E-state index contributed by atoms with van der Waals surface area (Å²) in [6.07, 6.45) is 1.69. The van der Waals surface area contributed by atoms with Crippen LogP contribution in [0.25, 0.3) is 0 Å². The first-order chi connectivity index (χ1) is 14.5. The maximum absolute atomic E-state index is 12.9. The second-order valence-corrected chi connectivity index (χ2v) is 7.90. The molecule has 1 unspecified atom stereocenters. The van der Waals surface area contributed by atoms with Gasteiger partial charge in [-0.05, 0) is 19.1 Å². The molecule has 10 heteroatoms. The molecule has 1 N–H and O–H groups in total. The van der Waals surface area contributed by atoms with E-state index in [2.05, 4.69) is 10.3 Å². The highest BCUT2D eigenvalue weighted by Crippen LogP contribution is 2.37. The van der Waals surface area contributed by atoms with E-state index in [4.69, 9.17) is 42.4 Å². The fraction of sp³-hybridized carbons (Fsp3) is 0.350. The van der Waals surface area contributed by atoms with Crippen LogP contribution in [-0.2, 0) is 19.0 Å². The Morgan fingerprint density at radius 1 is 1.30 bits per heavy atom. The van der Waals surface area contributed by atoms with Gasteiger partial charge >= 0.3 is 5.97 Å². The number of esters is 1. The van der Waals surface area contributed by atoms with Crippen LogP contribution in [0.3, 0.4) is 0 Å². The molecule has 30 heavy (non-hydrogen) atoms. The maximum Gasteiger partial charge on any atom is 0.338 e. The van der Waals surface area contributed by atoms with Crippen LogP contribution in [0.4, 0.5) is 0 Å². The molecule has 3 rings (SSSR count). The Labute approximate surface area is 188 Å². The van der Waals surface area contributed by atoms with Crippen LogP contribution in [-0.4, -0.2) is 50.3 Å². The molecule has 0 radical (unpaired) electrons. The zero-order valence-corrected chi connectivity index (χ0v) is 18.8. The topological polar surface area (TPSA) is 82.0 Å². The normalized spacial score (nSPS) is 16.3. The zero-order valence-electron chi connectivity index (χ0n) is 16.5. The van der Waals surface area contributed by atoms with Crippen LogP contribution in [0.15, 0.2) is 46.0 Å². The summed E-state index contributed by atoms with van der Waals surface area (Å²) in [5, 5.41) is 6.62. The van der Waals surface area contributed by atoms with E-state index >= 15 is 0 Å². The molecule has 0 amide bonds. The average Bonchev–Trinajstić information content (AvgIpc) is 3.26. The Kier molecular flexibility index (Phi) is 8.24. The number of nitrogens with zero attached hydrogens (tertiary/aromatic N) is 2. The van der Waals surface area contributed by atoms with Crippen LogP contribution < -0.4 is 5.32 Å². The van der Waals surface area contributed by atoms with Crippen molar-refractivity contribution in [2.75, 3.05) is 33.5 Å². The smallest absolute Gasteiger partial charge is 0.338 e. The highest BCUT2D eigenvalue weighted by Gasteiger charge is 2.34. The van der Waals surface area contributed by atoms with Gasteiger partial charge in [-0.15, -0.1) is 11.3 Å². The number of nitrogens with one attached hydrogen (secondary N) is 1. The molecule has 0 spiro atoms. The lowest BCUT2D eigenvalue weighted by Crippen LogP contribution is -2.36. The number of benzene rings is 1. The van der Waals surface area contributed by atoms with E-state index in [9.17, 15) is 4.79 Å². The minimum absolute atomic E-state index is 0.142. The summed E-state index contributed by atoms with van der Waals surface area (Å²) >= 11 is 14.0. The number of carbonyl (C=O) groups is 1. The van der Waals surface area contributed by atoms with Crippen molar-refractivity contribution in [1.82, 2.24) is 10.3 Å². The largest absolute Gasteiger partial charge is 0.463 e. The fourth-order valence-corrected chi connectivity index (χ4v) is 3.97. The summed E-state index contributed by atoms with van der Waals surface area (Å²) in [5.74, 6) is 0.0349. The molecular formula is C20H21Cl2N3O4S. The summed E-state index contributed by atoms with van der Waals surface area (Å²) in [4.78, 5) is 22.0. The van der Waals surface area contributed by atoms with Crippen molar-refractivity contribution in [1.29, 1.82) is 0 Å². The molecule has 1 aromatic heterocycles. The number of halogens is 2. The molecule has 1 aliphatic rings. The number of aromatic nitrogens is 1. The number of amidine groups is 1. The van der Waals surface area contributed by atoms with Crippen molar-refractivity contribution in [3.8, 4) is 0 Å². The Balaban J connectivity index is 2.07. The first kappa shape index (κ1) is 22.7. The van der Waals surface area contributed by atoms with Gasteiger partial charge in [0.1, 0.15) is 6.04 Å². The van der Waals surface area contributed by atoms with Gasteiger partial charge in [0.25, 0.3) is 0 Å². The van der Waals surface area contributed by atoms with Gasteiger partial charge in [-0.1, -0.05) is 29.3 Å². The second-order valence-electron chi connectivity index (χ2n) is 6.17. The number of thiazole rings is 1. The van der Waals surface area contributed by atoms with Crippen molar-refractivity contribution in [2.24, 2.45) is 4.99 Å². The molecule has 1 aliphatic heterocycles. The third-order valence-electron chi connectivity index (χ3n) is 4.19. The van der Waals surface area contributed by atoms with Gasteiger partial charge < -0.3 is 19.5 Å². The van der Waals surface area contributed by atoms with Crippen molar-refractivity contribution >= 4 is 46.3 Å². The quantitative estimate of drug-likeness (QED) is 0.441. The molecule has 2 heterocycles. The molecule has 160 valence electrons. The minimum Gasteiger partial charge on any atom is -0.463 e. The van der Waals surface area contributed by atoms with Crippen LogP contribution >= 0.6 is 34.5 Å². The number of aliphatic imine (C=N–C) groups is 1. The van der Waals surface area contributed by atoms with E-state index in [1.807, 2.05) is 5.38 Å². The number of hydrogen-bond donors (Lipinski definition) is 1. The first-order valence-electron chi connectivity index (χ1n) is 9.21. The van der Waals surface area contributed by atoms with Gasteiger partial charge in [0, 0.05) is 34.3 Å². The summed E-state index contributed by atoms with van der Waals surface area (Å²) in [6.45, 7) is 2.92. The van der Waals surface area contributed by atoms with E-state index in [0.29, 0.717) is 50.9 Å². The second kappa shape index (κ2) is 10.9. The Morgan fingerprint density at radius 2 is 2.13 bits per heavy atom. The highest BCUT2D eigenvalue weighted by atomic mass is 35.5. The van der Waals surface area contributed by atoms with Crippen LogP contribution in [0, 0.1) is 0 Å². The molecule has 7 nitrogen and oxygen atoms in total. The Morgan fingerprint density at radius 3 is 2.80 bits per heavy atom. The predicted molar refractivity (Wildman–Crippen MR) is 117 cm³/mol. The van der Waals surface area contributed by atoms with Gasteiger partial charge in [0.2, 0.25) is 0 Å². The number of carbonyl (C=O) groups excluding carboxylic acids is 1. The van der Waals surface area contributed by atoms with E-state index in [1.165, 1.54) is 11.3 Å². The summed E-state index contributed by atoms with van der Waals surface area (Å²) in [5.41, 5.74) is 1.51. The molecule has 0 saturated heterocycles. The lowest BCUT2D eigenvalue weighted by atomic mass is 9.95. The standard InChI is InChI=1S/C20H21Cl2N3O4S/c1-3-29-20(26)16-15(11-28-8-7-27-2)24-18(19-23-6-9-30-19)25-17(16)13-5-4-12(21)10-14(13)22/h4-6,9-10,17H,3,7-8,11H2,1-2H3,(H,24,25). The number of rotatable bonds is 9. The van der Waals surface area contributed by atoms with E-state index in [0.717, 1.165) is 0 Å². The van der Waals surface area contributed by atoms with Gasteiger partial charge in [-0.25, -0.2) is 9.78 Å². The van der Waals surface area contributed by atoms with Gasteiger partial charge in [0.15, 0.2) is 10.8 Å². The SMILES string of the molecule is CCOC(=O)C1=C(COCCOC)NC(c2nccs2)=NC1c1ccc(Cl)cc1Cl. The maximum atomic E-state index is 12.9. The third-order valence-corrected chi connectivity index (χ3v) is 5.53. The van der Waals surface area contributed by atoms with Crippen LogP contribution in [0.1, 0.15) is 23.5 Å². The van der Waals surface area contributed by atoms with Gasteiger partial charge in [-0.3, -0.25) is 4.99 Å². The van der Waals surface area contributed by atoms with E-state index in [1.54, 1.807) is 38.4 Å². The number of hydrogen-bond acceptors (Lipinski definition) is 8. The number of methoxy groups -OCH3 is 1. The molecule has 0 fully saturated rings. The Bertz CT molecular complexity index is 948. The molecule has 0 bridgehead atoms. The monoisotopic (exact) mass is 469 g/mol. The zero-order chi connectivity index (χ0) is 21.5. The van der Waals surface area contributed by atoms with Crippen LogP contribution in [0.2, 0.25) is 10.0 Å². The summed E-state index contributed by atoms with van der Waals surface area (Å²) in [6, 6.07) is 4.39. The van der Waals surface area contributed by atoms with Crippen LogP contribution in [0.5, 0.6) is 0 Å². The highest BCUT2D eigenvalue weighted by molar-refractivity contribution is 7.11. The van der Waals surface area contributed by atoms with Gasteiger partial charge in [-0.2, -0.15) is 0 Å². The number of ether oxygens (including phenoxy) is 3. The lowest BCUT2D eigenvalue weighted by molar-refractivity contribution is -0.139. The Hall–Kier alpha value is -1.97. The fourth-order valence-electron chi connectivity index (χ4n) is 2.87. The average molecular weight is 470 g/mol. The molecule has 0 saturated carbocycles. The van der Waals surface area contributed by atoms with E-state index < -0.39 is 12.0 Å². The third kappa shape index (κ3) is 5.39. The molecule has 1 atom stereocenters. The van der Waals surface area contributed by atoms with Crippen molar-refractivity contribution in [3.63, 3.8) is 0 Å². The summed E-state index contributed by atoms with van der Waals surface area (Å²) in [7, 11) is 1.59. The van der Waals surface area contributed by atoms with Crippen molar-refractivity contribution < 1.29 is 19.0 Å². The van der Waals surface area contributed by atoms with Gasteiger partial charge in [0.05, 0.1) is 37.7 Å². The first-order valence-corrected chi connectivity index (χ1v) is 10.8. The van der Waals surface area contributed by atoms with E-state index in [-0.39, 0.29) is 13.2 Å². The molecular weight excluding hydrogens is 449 g/mol. The van der Waals surface area contributed by atoms with Crippen molar-refractivity contribution in [2.45, 2.75) is 13.0 Å². The predicted octanol–water partition coefficient (Wildman–Crippen LogP) is 4.02. The minimum atomic E-state index is -0.699. The lowest BCUT2D eigenvalue weighted by Gasteiger charge is -2.27. The van der Waals surface area contributed by atoms with Crippen molar-refractivity contribution in [3.05, 3.63) is 61.7 Å².